The molecule has 1 saturated carbocycles. The average molecular weight is 238 g/mol. The summed E-state index contributed by atoms with van der Waals surface area (Å²) in [5.41, 5.74) is 6.43. The Bertz CT molecular complexity index is 197. The lowest BCUT2D eigenvalue weighted by Gasteiger charge is -2.37. The Morgan fingerprint density at radius 1 is 0.647 bits per heavy atom. The zero-order valence-electron chi connectivity index (χ0n) is 11.4. The molecule has 0 aromatic heterocycles. The molecule has 0 amide bonds. The van der Waals surface area contributed by atoms with E-state index >= 15 is 0 Å². The number of nitrogens with zero attached hydrogens (tertiary/aromatic N) is 1. The molecular formula is C15H30N2. The SMILES string of the molecule is NC1CCCCCCC1N1CCCCCCC1. The molecular weight excluding hydrogens is 208 g/mol. The number of hydrogen-bond donors (Lipinski definition) is 1. The van der Waals surface area contributed by atoms with Crippen LogP contribution in [-0.2, 0) is 0 Å². The minimum atomic E-state index is 0.440. The Hall–Kier alpha value is -0.0800. The monoisotopic (exact) mass is 238 g/mol. The summed E-state index contributed by atoms with van der Waals surface area (Å²) in [5, 5.41) is 0. The fraction of sp³-hybridized carbons (Fsp3) is 1.00. The lowest BCUT2D eigenvalue weighted by atomic mass is 9.91. The summed E-state index contributed by atoms with van der Waals surface area (Å²) >= 11 is 0. The third-order valence-electron chi connectivity index (χ3n) is 4.64. The summed E-state index contributed by atoms with van der Waals surface area (Å²) in [6.07, 6.45) is 15.3. The smallest absolute Gasteiger partial charge is 0.0247 e. The van der Waals surface area contributed by atoms with Crippen molar-refractivity contribution in [1.29, 1.82) is 0 Å². The maximum Gasteiger partial charge on any atom is 0.0247 e. The molecule has 0 spiro atoms. The normalized spacial score (nSPS) is 34.4. The Labute approximate surface area is 107 Å². The van der Waals surface area contributed by atoms with Gasteiger partial charge in [-0.15, -0.1) is 0 Å². The van der Waals surface area contributed by atoms with Gasteiger partial charge in [0.25, 0.3) is 0 Å². The summed E-state index contributed by atoms with van der Waals surface area (Å²) < 4.78 is 0. The van der Waals surface area contributed by atoms with Crippen molar-refractivity contribution >= 4 is 0 Å². The molecule has 2 heteroatoms. The third kappa shape index (κ3) is 4.26. The van der Waals surface area contributed by atoms with Crippen LogP contribution in [-0.4, -0.2) is 30.1 Å². The lowest BCUT2D eigenvalue weighted by Crippen LogP contribution is -2.49. The van der Waals surface area contributed by atoms with Gasteiger partial charge >= 0.3 is 0 Å². The van der Waals surface area contributed by atoms with Crippen LogP contribution in [0.2, 0.25) is 0 Å². The molecule has 1 saturated heterocycles. The minimum Gasteiger partial charge on any atom is -0.326 e. The summed E-state index contributed by atoms with van der Waals surface area (Å²) in [6.45, 7) is 2.61. The van der Waals surface area contributed by atoms with E-state index in [1.54, 1.807) is 0 Å². The van der Waals surface area contributed by atoms with Crippen LogP contribution in [0.25, 0.3) is 0 Å². The molecule has 2 aliphatic rings. The first-order valence-electron chi connectivity index (χ1n) is 7.87. The van der Waals surface area contributed by atoms with Crippen LogP contribution in [0.4, 0.5) is 0 Å². The average Bonchev–Trinajstić information content (AvgIpc) is 2.26. The predicted molar refractivity (Wildman–Crippen MR) is 74.1 cm³/mol. The van der Waals surface area contributed by atoms with Crippen LogP contribution < -0.4 is 5.73 Å². The highest BCUT2D eigenvalue weighted by atomic mass is 15.2. The Kier molecular flexibility index (Phi) is 5.79. The van der Waals surface area contributed by atoms with E-state index in [4.69, 9.17) is 5.73 Å². The molecule has 0 radical (unpaired) electrons. The maximum atomic E-state index is 6.43. The molecule has 2 N–H and O–H groups in total. The number of likely N-dealkylation sites (tertiary alicyclic amines) is 1. The summed E-state index contributed by atoms with van der Waals surface area (Å²) in [6, 6.07) is 1.13. The second-order valence-corrected chi connectivity index (χ2v) is 6.03. The van der Waals surface area contributed by atoms with E-state index in [1.807, 2.05) is 0 Å². The highest BCUT2D eigenvalue weighted by Gasteiger charge is 2.25. The summed E-state index contributed by atoms with van der Waals surface area (Å²) in [7, 11) is 0. The second-order valence-electron chi connectivity index (χ2n) is 6.03. The Morgan fingerprint density at radius 2 is 1.18 bits per heavy atom. The van der Waals surface area contributed by atoms with Gasteiger partial charge in [-0.2, -0.15) is 0 Å². The van der Waals surface area contributed by atoms with Gasteiger partial charge in [-0.25, -0.2) is 0 Å². The highest BCUT2D eigenvalue weighted by Crippen LogP contribution is 2.23. The summed E-state index contributed by atoms with van der Waals surface area (Å²) in [4.78, 5) is 2.73. The second kappa shape index (κ2) is 7.38. The molecule has 2 atom stereocenters. The van der Waals surface area contributed by atoms with E-state index in [0.717, 1.165) is 0 Å². The van der Waals surface area contributed by atoms with Gasteiger partial charge in [-0.3, -0.25) is 4.90 Å². The van der Waals surface area contributed by atoms with Crippen LogP contribution in [0, 0.1) is 0 Å². The molecule has 2 rings (SSSR count). The standard InChI is InChI=1S/C15H30N2/c16-14-10-6-2-3-7-11-15(14)17-12-8-4-1-5-9-13-17/h14-15H,1-13,16H2. The molecule has 2 fully saturated rings. The van der Waals surface area contributed by atoms with Gasteiger partial charge < -0.3 is 5.73 Å². The summed E-state index contributed by atoms with van der Waals surface area (Å²) in [5.74, 6) is 0. The van der Waals surface area contributed by atoms with Gasteiger partial charge in [-0.1, -0.05) is 44.9 Å². The number of rotatable bonds is 1. The highest BCUT2D eigenvalue weighted by molar-refractivity contribution is 4.84. The van der Waals surface area contributed by atoms with E-state index < -0.39 is 0 Å². The Morgan fingerprint density at radius 3 is 1.88 bits per heavy atom. The predicted octanol–water partition coefficient (Wildman–Crippen LogP) is 3.30. The number of nitrogens with two attached hydrogens (primary N) is 1. The zero-order valence-corrected chi connectivity index (χ0v) is 11.4. The van der Waals surface area contributed by atoms with E-state index in [-0.39, 0.29) is 0 Å². The molecule has 1 aliphatic heterocycles. The largest absolute Gasteiger partial charge is 0.326 e. The molecule has 0 aromatic carbocycles. The van der Waals surface area contributed by atoms with Crippen molar-refractivity contribution in [3.8, 4) is 0 Å². The van der Waals surface area contributed by atoms with E-state index in [0.29, 0.717) is 12.1 Å². The molecule has 100 valence electrons. The van der Waals surface area contributed by atoms with Crippen molar-refractivity contribution in [3.05, 3.63) is 0 Å². The van der Waals surface area contributed by atoms with Gasteiger partial charge in [0.15, 0.2) is 0 Å². The van der Waals surface area contributed by atoms with Gasteiger partial charge in [0.1, 0.15) is 0 Å². The van der Waals surface area contributed by atoms with Gasteiger partial charge in [-0.05, 0) is 38.8 Å². The first-order chi connectivity index (χ1) is 8.38. The van der Waals surface area contributed by atoms with Crippen molar-refractivity contribution < 1.29 is 0 Å². The maximum absolute atomic E-state index is 6.43. The van der Waals surface area contributed by atoms with Gasteiger partial charge in [0.05, 0.1) is 0 Å². The van der Waals surface area contributed by atoms with Crippen molar-refractivity contribution in [2.75, 3.05) is 13.1 Å². The van der Waals surface area contributed by atoms with E-state index in [9.17, 15) is 0 Å². The molecule has 2 nitrogen and oxygen atoms in total. The fourth-order valence-corrected chi connectivity index (χ4v) is 3.55. The van der Waals surface area contributed by atoms with Crippen molar-refractivity contribution in [1.82, 2.24) is 4.90 Å². The third-order valence-corrected chi connectivity index (χ3v) is 4.64. The first kappa shape index (κ1) is 13.4. The first-order valence-corrected chi connectivity index (χ1v) is 7.87. The van der Waals surface area contributed by atoms with Crippen LogP contribution in [0.3, 0.4) is 0 Å². The topological polar surface area (TPSA) is 29.3 Å². The van der Waals surface area contributed by atoms with Crippen molar-refractivity contribution in [2.45, 2.75) is 82.7 Å². The van der Waals surface area contributed by atoms with Crippen LogP contribution >= 0.6 is 0 Å². The molecule has 0 aromatic rings. The van der Waals surface area contributed by atoms with Crippen molar-refractivity contribution in [3.63, 3.8) is 0 Å². The lowest BCUT2D eigenvalue weighted by molar-refractivity contribution is 0.136. The van der Waals surface area contributed by atoms with Crippen LogP contribution in [0.15, 0.2) is 0 Å². The van der Waals surface area contributed by atoms with Crippen LogP contribution in [0.1, 0.15) is 70.6 Å². The Balaban J connectivity index is 1.90. The quantitative estimate of drug-likeness (QED) is 0.759. The fourth-order valence-electron chi connectivity index (χ4n) is 3.55. The minimum absolute atomic E-state index is 0.440. The van der Waals surface area contributed by atoms with Crippen LogP contribution in [0.5, 0.6) is 0 Å². The van der Waals surface area contributed by atoms with Gasteiger partial charge in [0.2, 0.25) is 0 Å². The van der Waals surface area contributed by atoms with Gasteiger partial charge in [0, 0.05) is 12.1 Å². The molecule has 1 aliphatic carbocycles. The zero-order chi connectivity index (χ0) is 11.9. The van der Waals surface area contributed by atoms with E-state index in [1.165, 1.54) is 83.7 Å². The van der Waals surface area contributed by atoms with Crippen molar-refractivity contribution in [2.24, 2.45) is 5.73 Å². The molecule has 0 bridgehead atoms. The van der Waals surface area contributed by atoms with E-state index in [2.05, 4.69) is 4.90 Å². The molecule has 1 heterocycles. The number of hydrogen-bond acceptors (Lipinski definition) is 2. The molecule has 17 heavy (non-hydrogen) atoms. The molecule has 2 unspecified atom stereocenters.